The van der Waals surface area contributed by atoms with Crippen molar-refractivity contribution >= 4 is 10.0 Å². The Hall–Kier alpha value is -0.980. The zero-order chi connectivity index (χ0) is 14.8. The summed E-state index contributed by atoms with van der Waals surface area (Å²) < 4.78 is 41.2. The molecule has 0 saturated heterocycles. The maximum absolute atomic E-state index is 13.7. The Kier molecular flexibility index (Phi) is 4.78. The molecule has 1 aromatic carbocycles. The number of benzene rings is 1. The van der Waals surface area contributed by atoms with Crippen LogP contribution in [0.3, 0.4) is 0 Å². The maximum atomic E-state index is 13.7. The third kappa shape index (κ3) is 3.37. The first kappa shape index (κ1) is 15.4. The van der Waals surface area contributed by atoms with E-state index < -0.39 is 15.8 Å². The lowest BCUT2D eigenvalue weighted by molar-refractivity contribution is 0.281. The summed E-state index contributed by atoms with van der Waals surface area (Å²) in [7, 11) is -3.75. The predicted molar refractivity (Wildman–Crippen MR) is 74.3 cm³/mol. The first-order valence-corrected chi connectivity index (χ1v) is 8.34. The van der Waals surface area contributed by atoms with Gasteiger partial charge in [-0.1, -0.05) is 19.3 Å². The summed E-state index contributed by atoms with van der Waals surface area (Å²) in [5.41, 5.74) is 0.350. The quantitative estimate of drug-likeness (QED) is 0.896. The van der Waals surface area contributed by atoms with E-state index in [0.29, 0.717) is 0 Å². The lowest BCUT2D eigenvalue weighted by Gasteiger charge is -2.23. The van der Waals surface area contributed by atoms with E-state index >= 15 is 0 Å². The standard InChI is InChI=1S/C14H20FNO3S/c1-10-13(15)7-11(9-17)8-14(10)20(18,19)16-12-5-3-2-4-6-12/h7-8,12,16-17H,2-6,9H2,1H3. The van der Waals surface area contributed by atoms with E-state index in [9.17, 15) is 12.8 Å². The Morgan fingerprint density at radius 3 is 2.55 bits per heavy atom. The van der Waals surface area contributed by atoms with Gasteiger partial charge in [-0.3, -0.25) is 0 Å². The molecule has 0 aromatic heterocycles. The minimum Gasteiger partial charge on any atom is -0.392 e. The molecule has 112 valence electrons. The fourth-order valence-corrected chi connectivity index (χ4v) is 4.19. The van der Waals surface area contributed by atoms with Crippen LogP contribution in [0.25, 0.3) is 0 Å². The minimum atomic E-state index is -3.75. The highest BCUT2D eigenvalue weighted by Crippen LogP contribution is 2.23. The number of aliphatic hydroxyl groups excluding tert-OH is 1. The highest BCUT2D eigenvalue weighted by Gasteiger charge is 2.24. The Morgan fingerprint density at radius 1 is 1.30 bits per heavy atom. The molecule has 0 aliphatic heterocycles. The number of aliphatic hydroxyl groups is 1. The normalized spacial score (nSPS) is 17.4. The van der Waals surface area contributed by atoms with Crippen molar-refractivity contribution in [1.29, 1.82) is 0 Å². The van der Waals surface area contributed by atoms with Crippen LogP contribution in [0.4, 0.5) is 4.39 Å². The Morgan fingerprint density at radius 2 is 1.95 bits per heavy atom. The largest absolute Gasteiger partial charge is 0.392 e. The topological polar surface area (TPSA) is 66.4 Å². The zero-order valence-electron chi connectivity index (χ0n) is 11.5. The van der Waals surface area contributed by atoms with Gasteiger partial charge in [0.25, 0.3) is 0 Å². The molecule has 1 saturated carbocycles. The van der Waals surface area contributed by atoms with Crippen LogP contribution in [0.1, 0.15) is 43.2 Å². The zero-order valence-corrected chi connectivity index (χ0v) is 12.3. The summed E-state index contributed by atoms with van der Waals surface area (Å²) >= 11 is 0. The summed E-state index contributed by atoms with van der Waals surface area (Å²) in [4.78, 5) is -0.0767. The van der Waals surface area contributed by atoms with Crippen molar-refractivity contribution in [3.8, 4) is 0 Å². The summed E-state index contributed by atoms with van der Waals surface area (Å²) in [6.07, 6.45) is 4.79. The van der Waals surface area contributed by atoms with E-state index in [0.717, 1.165) is 38.2 Å². The molecule has 1 aliphatic rings. The first-order valence-electron chi connectivity index (χ1n) is 6.86. The smallest absolute Gasteiger partial charge is 0.241 e. The Labute approximate surface area is 119 Å². The van der Waals surface area contributed by atoms with Gasteiger partial charge in [0.1, 0.15) is 5.82 Å². The minimum absolute atomic E-state index is 0.0750. The van der Waals surface area contributed by atoms with Gasteiger partial charge in [0.2, 0.25) is 10.0 Å². The van der Waals surface area contributed by atoms with Gasteiger partial charge in [-0.2, -0.15) is 0 Å². The van der Waals surface area contributed by atoms with E-state index in [1.54, 1.807) is 0 Å². The highest BCUT2D eigenvalue weighted by molar-refractivity contribution is 7.89. The van der Waals surface area contributed by atoms with Gasteiger partial charge in [-0.05, 0) is 37.5 Å². The summed E-state index contributed by atoms with van der Waals surface area (Å²) in [5.74, 6) is -0.611. The van der Waals surface area contributed by atoms with Crippen molar-refractivity contribution < 1.29 is 17.9 Å². The highest BCUT2D eigenvalue weighted by atomic mass is 32.2. The second-order valence-corrected chi connectivity index (χ2v) is 7.00. The average Bonchev–Trinajstić information content (AvgIpc) is 2.42. The van der Waals surface area contributed by atoms with Crippen molar-refractivity contribution in [2.45, 2.75) is 56.6 Å². The van der Waals surface area contributed by atoms with Crippen LogP contribution in [0.5, 0.6) is 0 Å². The van der Waals surface area contributed by atoms with Crippen LogP contribution in [-0.2, 0) is 16.6 Å². The van der Waals surface area contributed by atoms with Gasteiger partial charge in [-0.15, -0.1) is 0 Å². The monoisotopic (exact) mass is 301 g/mol. The molecule has 1 fully saturated rings. The molecule has 2 N–H and O–H groups in total. The number of sulfonamides is 1. The molecule has 6 heteroatoms. The Balaban J connectivity index is 2.30. The second kappa shape index (κ2) is 6.20. The fourth-order valence-electron chi connectivity index (χ4n) is 2.58. The molecule has 0 atom stereocenters. The lowest BCUT2D eigenvalue weighted by Crippen LogP contribution is -2.36. The molecule has 0 amide bonds. The van der Waals surface area contributed by atoms with Gasteiger partial charge in [0.15, 0.2) is 0 Å². The fraction of sp³-hybridized carbons (Fsp3) is 0.571. The van der Waals surface area contributed by atoms with Crippen LogP contribution in [0, 0.1) is 12.7 Å². The van der Waals surface area contributed by atoms with E-state index in [4.69, 9.17) is 5.11 Å². The van der Waals surface area contributed by atoms with Crippen molar-refractivity contribution in [3.05, 3.63) is 29.1 Å². The molecular weight excluding hydrogens is 281 g/mol. The van der Waals surface area contributed by atoms with Crippen molar-refractivity contribution in [3.63, 3.8) is 0 Å². The molecule has 0 bridgehead atoms. The summed E-state index contributed by atoms with van der Waals surface area (Å²) in [5, 5.41) is 9.08. The molecule has 0 radical (unpaired) electrons. The van der Waals surface area contributed by atoms with Crippen LogP contribution in [-0.4, -0.2) is 19.6 Å². The van der Waals surface area contributed by atoms with Gasteiger partial charge in [0.05, 0.1) is 11.5 Å². The Bertz CT molecular complexity index is 580. The number of halogens is 1. The SMILES string of the molecule is Cc1c(F)cc(CO)cc1S(=O)(=O)NC1CCCCC1. The van der Waals surface area contributed by atoms with Crippen molar-refractivity contribution in [2.75, 3.05) is 0 Å². The number of nitrogens with one attached hydrogen (secondary N) is 1. The predicted octanol–water partition coefficient (Wildman–Crippen LogP) is 2.24. The van der Waals surface area contributed by atoms with Crippen LogP contribution >= 0.6 is 0 Å². The molecule has 4 nitrogen and oxygen atoms in total. The molecule has 20 heavy (non-hydrogen) atoms. The van der Waals surface area contributed by atoms with Gasteiger partial charge in [-0.25, -0.2) is 17.5 Å². The molecule has 0 spiro atoms. The first-order chi connectivity index (χ1) is 9.44. The summed E-state index contributed by atoms with van der Waals surface area (Å²) in [6.45, 7) is 1.05. The van der Waals surface area contributed by atoms with E-state index in [-0.39, 0.29) is 28.7 Å². The van der Waals surface area contributed by atoms with Crippen LogP contribution in [0.2, 0.25) is 0 Å². The van der Waals surface area contributed by atoms with Gasteiger partial charge < -0.3 is 5.11 Å². The molecule has 0 heterocycles. The van der Waals surface area contributed by atoms with E-state index in [2.05, 4.69) is 4.72 Å². The number of hydrogen-bond donors (Lipinski definition) is 2. The van der Waals surface area contributed by atoms with E-state index in [1.165, 1.54) is 13.0 Å². The average molecular weight is 301 g/mol. The van der Waals surface area contributed by atoms with Gasteiger partial charge in [0, 0.05) is 11.6 Å². The molecule has 1 aliphatic carbocycles. The maximum Gasteiger partial charge on any atom is 0.241 e. The van der Waals surface area contributed by atoms with Gasteiger partial charge >= 0.3 is 0 Å². The third-order valence-corrected chi connectivity index (χ3v) is 5.40. The molecule has 0 unspecified atom stereocenters. The lowest BCUT2D eigenvalue weighted by atomic mass is 9.96. The third-order valence-electron chi connectivity index (χ3n) is 3.76. The number of hydrogen-bond acceptors (Lipinski definition) is 3. The van der Waals surface area contributed by atoms with Crippen molar-refractivity contribution in [2.24, 2.45) is 0 Å². The summed E-state index contributed by atoms with van der Waals surface area (Å²) in [6, 6.07) is 2.42. The second-order valence-electron chi connectivity index (χ2n) is 5.32. The van der Waals surface area contributed by atoms with Crippen LogP contribution in [0.15, 0.2) is 17.0 Å². The molecular formula is C14H20FNO3S. The van der Waals surface area contributed by atoms with Crippen molar-refractivity contribution in [1.82, 2.24) is 4.72 Å². The van der Waals surface area contributed by atoms with E-state index in [1.807, 2.05) is 0 Å². The van der Waals surface area contributed by atoms with Crippen LogP contribution < -0.4 is 4.72 Å². The number of rotatable bonds is 4. The molecule has 1 aromatic rings. The molecule has 2 rings (SSSR count).